The second kappa shape index (κ2) is 39.3. The zero-order chi connectivity index (χ0) is 98.7. The Morgan fingerprint density at radius 2 is 0.643 bits per heavy atom. The van der Waals surface area contributed by atoms with Crippen LogP contribution in [0, 0.1) is 27.7 Å². The molecule has 0 amide bonds. The van der Waals surface area contributed by atoms with Gasteiger partial charge in [0.15, 0.2) is 22.7 Å². The van der Waals surface area contributed by atoms with Crippen LogP contribution in [0.25, 0.3) is 140 Å². The van der Waals surface area contributed by atoms with Crippen molar-refractivity contribution in [1.82, 2.24) is 112 Å². The standard InChI is InChI=1S/C23H26N6O.2C22H23N5O2.C21H22N6O.C20H20N6O/c1-26(2)18-8-10-28(11-9-18)19-5-7-22-25-20(13-23(30)29(22)15-19)16-4-6-21-17(12-16)14-24-27(21)3;1-14-10-16-11-19(29-22(16)15(2)23-14)18-12-21(28)27-13-17(4-5-20(27)24-18)26-8-6-25(3)7-9-26;1-13-8-16-9-19(29-22(16)15(3)24-13)18-10-21(28)27-12-17(4-5-20(27)25-18)26-7-6-23-14(2)11-26;1-24-7-9-26(10-8-24)17-4-6-20-23-18(12-21(28)27(20)14-17)15-3-5-19-16(11-15)13-22-25(19)2;1-24-18-4-2-14(10-15(18)12-22-24)17-11-20(27)26-13-16(3-5-19(26)23-17)25-8-6-21-7-9-25/h4-7,12-15,18H,8-11H2,1-3H3;4-5,10-13H,6-9H2,1-3H3;4-5,8-10,12,14,23H,6-7,11H2,1-3H3;3-6,11-14H,7-10H2,1-2H3;2-5,10-13,21H,6-9H2,1H3/t;;14-;;/m..0../s1. The first kappa shape index (κ1) is 93.4. The largest absolute Gasteiger partial charge is 0.453 e. The number of aryl methyl sites for hydroxylation is 7. The summed E-state index contributed by atoms with van der Waals surface area (Å²) in [6.45, 7) is 26.4. The number of pyridine rings is 7. The van der Waals surface area contributed by atoms with Crippen molar-refractivity contribution < 1.29 is 8.83 Å². The Balaban J connectivity index is 0.000000106. The maximum atomic E-state index is 12.9. The van der Waals surface area contributed by atoms with Gasteiger partial charge in [0.2, 0.25) is 0 Å². The molecule has 0 radical (unpaired) electrons. The smallest absolute Gasteiger partial charge is 0.258 e. The summed E-state index contributed by atoms with van der Waals surface area (Å²) in [6.07, 6.45) is 17.2. The average Bonchev–Trinajstić information content (AvgIpc) is 1.65. The molecule has 5 saturated heterocycles. The van der Waals surface area contributed by atoms with E-state index in [1.54, 1.807) is 40.2 Å². The van der Waals surface area contributed by atoms with E-state index in [2.05, 4.69) is 132 Å². The number of aromatic nitrogens is 18. The van der Waals surface area contributed by atoms with Crippen LogP contribution in [0.15, 0.2) is 252 Å². The van der Waals surface area contributed by atoms with Crippen molar-refractivity contribution in [2.24, 2.45) is 21.1 Å². The van der Waals surface area contributed by atoms with Crippen LogP contribution in [0.5, 0.6) is 0 Å². The molecule has 0 bridgehead atoms. The SMILES string of the molecule is CN(C)C1CCN(c2ccc3nc(-c4ccc5c(cnn5C)c4)cc(=O)n3c2)CC1.CN1CCN(c2ccc3nc(-c4ccc5c(cnn5C)c4)cc(=O)n3c2)CC1.Cc1cc2cc(-c3cc(=O)n4cc(N5CCN(C)CC5)ccc4n3)oc2c(C)n1.Cc1cc2cc(-c3cc(=O)n4cc(N5CCN[C@@H](C)C5)ccc4n3)oc2c(C)n1.Cn1ncc2cc(-c3cc(=O)n4cc(N5CCNCC5)ccc4n3)ccc21. The summed E-state index contributed by atoms with van der Waals surface area (Å²) in [6, 6.07) is 54.7. The number of likely N-dealkylation sites (N-methyl/N-ethyl adjacent to an activating group) is 2. The van der Waals surface area contributed by atoms with Crippen LogP contribution >= 0.6 is 0 Å². The van der Waals surface area contributed by atoms with Crippen molar-refractivity contribution in [2.75, 3.05) is 164 Å². The second-order valence-corrected chi connectivity index (χ2v) is 38.2. The molecule has 2 N–H and O–H groups in total. The fourth-order valence-corrected chi connectivity index (χ4v) is 19.9. The van der Waals surface area contributed by atoms with Gasteiger partial charge in [-0.3, -0.25) is 70.0 Å². The number of nitrogens with zero attached hydrogens (tertiary/aromatic N) is 26. The maximum absolute atomic E-state index is 12.9. The molecule has 0 aliphatic carbocycles. The zero-order valence-electron chi connectivity index (χ0n) is 82.4. The Labute approximate surface area is 822 Å². The van der Waals surface area contributed by atoms with Crippen LogP contribution in [0.3, 0.4) is 0 Å². The summed E-state index contributed by atoms with van der Waals surface area (Å²) in [4.78, 5) is 115. The van der Waals surface area contributed by atoms with Crippen molar-refractivity contribution in [3.63, 3.8) is 0 Å². The van der Waals surface area contributed by atoms with Gasteiger partial charge in [0.05, 0.1) is 92.0 Å². The fraction of sp³-hybridized carbons (Fsp3) is 0.306. The molecule has 728 valence electrons. The summed E-state index contributed by atoms with van der Waals surface area (Å²) < 4.78 is 25.6. The molecule has 25 rings (SSSR count). The molecule has 0 spiro atoms. The Hall–Kier alpha value is -16.0. The lowest BCUT2D eigenvalue weighted by molar-refractivity contribution is 0.249. The number of piperidine rings is 1. The van der Waals surface area contributed by atoms with Crippen molar-refractivity contribution in [2.45, 2.75) is 59.5 Å². The molecule has 20 aromatic rings. The number of rotatable bonds is 11. The number of furan rings is 2. The molecular formula is C108H114N28O7. The van der Waals surface area contributed by atoms with Crippen LogP contribution < -0.4 is 62.9 Å². The Morgan fingerprint density at radius 1 is 0.329 bits per heavy atom. The van der Waals surface area contributed by atoms with Gasteiger partial charge in [-0.25, -0.2) is 24.9 Å². The van der Waals surface area contributed by atoms with Gasteiger partial charge in [0, 0.05) is 261 Å². The summed E-state index contributed by atoms with van der Waals surface area (Å²) >= 11 is 0. The third kappa shape index (κ3) is 19.5. The average molecular weight is 1920 g/mol. The van der Waals surface area contributed by atoms with E-state index in [0.29, 0.717) is 80.3 Å². The lowest BCUT2D eigenvalue weighted by Gasteiger charge is -2.36. The first-order chi connectivity index (χ1) is 69.2. The molecule has 22 heterocycles. The van der Waals surface area contributed by atoms with E-state index in [0.717, 1.165) is 247 Å². The summed E-state index contributed by atoms with van der Waals surface area (Å²) in [5.74, 6) is 1.16. The van der Waals surface area contributed by atoms with Crippen LogP contribution in [0.2, 0.25) is 0 Å². The van der Waals surface area contributed by atoms with Gasteiger partial charge in [0.25, 0.3) is 27.8 Å². The number of nitrogens with one attached hydrogen (secondary N) is 2. The van der Waals surface area contributed by atoms with Crippen LogP contribution in [-0.2, 0) is 21.1 Å². The third-order valence-electron chi connectivity index (χ3n) is 28.0. The van der Waals surface area contributed by atoms with E-state index in [9.17, 15) is 24.0 Å². The van der Waals surface area contributed by atoms with E-state index in [4.69, 9.17) is 23.8 Å². The highest BCUT2D eigenvalue weighted by Gasteiger charge is 2.26. The number of piperazine rings is 4. The topological polar surface area (TPSA) is 327 Å². The van der Waals surface area contributed by atoms with Crippen LogP contribution in [-0.4, -0.2) is 252 Å². The third-order valence-corrected chi connectivity index (χ3v) is 28.0. The molecule has 0 saturated carbocycles. The number of benzene rings is 3. The molecule has 5 fully saturated rings. The molecular weight excluding hydrogens is 1800 g/mol. The van der Waals surface area contributed by atoms with Crippen molar-refractivity contribution in [3.05, 3.63) is 294 Å². The summed E-state index contributed by atoms with van der Waals surface area (Å²) in [5, 5.41) is 24.7. The summed E-state index contributed by atoms with van der Waals surface area (Å²) in [7, 11) is 14.3. The van der Waals surface area contributed by atoms with E-state index in [1.807, 2.05) is 240 Å². The van der Waals surface area contributed by atoms with E-state index in [-0.39, 0.29) is 27.8 Å². The van der Waals surface area contributed by atoms with Gasteiger partial charge >= 0.3 is 0 Å². The fourth-order valence-electron chi connectivity index (χ4n) is 19.9. The van der Waals surface area contributed by atoms with Gasteiger partial charge in [-0.1, -0.05) is 18.2 Å². The zero-order valence-corrected chi connectivity index (χ0v) is 82.4. The molecule has 0 unspecified atom stereocenters. The number of hydrogen-bond donors (Lipinski definition) is 2. The predicted octanol–water partition coefficient (Wildman–Crippen LogP) is 12.2. The molecule has 5 aliphatic rings. The minimum absolute atomic E-state index is 0.0636. The highest BCUT2D eigenvalue weighted by atomic mass is 16.3. The second-order valence-electron chi connectivity index (χ2n) is 38.2. The lowest BCUT2D eigenvalue weighted by atomic mass is 10.0. The van der Waals surface area contributed by atoms with E-state index < -0.39 is 0 Å². The monoisotopic (exact) mass is 1910 g/mol. The number of hydrogen-bond acceptors (Lipinski definition) is 27. The molecule has 1 atom stereocenters. The maximum Gasteiger partial charge on any atom is 0.258 e. The molecule has 17 aromatic heterocycles. The quantitative estimate of drug-likeness (QED) is 0.121. The number of fused-ring (bicyclic) bond motifs is 10. The van der Waals surface area contributed by atoms with Crippen LogP contribution in [0.1, 0.15) is 42.5 Å². The Morgan fingerprint density at radius 3 is 0.986 bits per heavy atom. The minimum atomic E-state index is -0.124. The van der Waals surface area contributed by atoms with Gasteiger partial charge < -0.3 is 58.7 Å². The molecule has 143 heavy (non-hydrogen) atoms. The van der Waals surface area contributed by atoms with Crippen molar-refractivity contribution in [3.8, 4) is 56.7 Å². The molecule has 35 nitrogen and oxygen atoms in total. The van der Waals surface area contributed by atoms with E-state index >= 15 is 0 Å². The van der Waals surface area contributed by atoms with Crippen molar-refractivity contribution >= 4 is 111 Å². The lowest BCUT2D eigenvalue weighted by Crippen LogP contribution is -2.49. The Kier molecular flexibility index (Phi) is 25.6. The predicted molar refractivity (Wildman–Crippen MR) is 564 cm³/mol. The minimum Gasteiger partial charge on any atom is -0.453 e. The van der Waals surface area contributed by atoms with Gasteiger partial charge in [-0.05, 0) is 197 Å². The van der Waals surface area contributed by atoms with Crippen LogP contribution in [0.4, 0.5) is 28.4 Å². The number of anilines is 5. The first-order valence-electron chi connectivity index (χ1n) is 48.6. The first-order valence-corrected chi connectivity index (χ1v) is 48.6. The molecule has 35 heteroatoms. The van der Waals surface area contributed by atoms with Crippen molar-refractivity contribution in [1.29, 1.82) is 0 Å². The normalized spacial score (nSPS) is 15.8. The van der Waals surface area contributed by atoms with Gasteiger partial charge in [-0.15, -0.1) is 0 Å². The molecule has 3 aromatic carbocycles. The highest BCUT2D eigenvalue weighted by molar-refractivity contribution is 5.89. The Bertz CT molecular complexity index is 8590. The molecule has 5 aliphatic heterocycles. The van der Waals surface area contributed by atoms with Gasteiger partial charge in [0.1, 0.15) is 39.6 Å². The van der Waals surface area contributed by atoms with Gasteiger partial charge in [-0.2, -0.15) is 15.3 Å². The summed E-state index contributed by atoms with van der Waals surface area (Å²) in [5.41, 5.74) is 22.1. The highest BCUT2D eigenvalue weighted by Crippen LogP contribution is 2.35. The van der Waals surface area contributed by atoms with E-state index in [1.165, 1.54) is 12.1 Å².